The highest BCUT2D eigenvalue weighted by molar-refractivity contribution is 5.29. The third-order valence-corrected chi connectivity index (χ3v) is 3.70. The van der Waals surface area contributed by atoms with Crippen LogP contribution in [0.4, 0.5) is 0 Å². The van der Waals surface area contributed by atoms with Crippen molar-refractivity contribution in [1.29, 1.82) is 0 Å². The molecule has 0 atom stereocenters. The number of hydrogen-bond acceptors (Lipinski definition) is 2. The Morgan fingerprint density at radius 2 is 2.06 bits per heavy atom. The molecule has 1 N–H and O–H groups in total. The van der Waals surface area contributed by atoms with Crippen molar-refractivity contribution in [2.75, 3.05) is 0 Å². The minimum absolute atomic E-state index is 0.0433. The Balaban J connectivity index is 1.86. The lowest BCUT2D eigenvalue weighted by Gasteiger charge is -2.31. The number of nitrogens with zero attached hydrogens (tertiary/aromatic N) is 2. The van der Waals surface area contributed by atoms with Crippen molar-refractivity contribution in [1.82, 2.24) is 15.1 Å². The number of hydrogen-bond donors (Lipinski definition) is 1. The van der Waals surface area contributed by atoms with Crippen LogP contribution in [0.15, 0.2) is 36.5 Å². The number of H-pyrrole nitrogens is 1. The molecular formula is C14H17N3. The van der Waals surface area contributed by atoms with E-state index in [0.29, 0.717) is 0 Å². The molecule has 3 rings (SSSR count). The molecule has 3 heteroatoms. The van der Waals surface area contributed by atoms with Gasteiger partial charge < -0.3 is 0 Å². The Labute approximate surface area is 101 Å². The third-order valence-electron chi connectivity index (χ3n) is 3.70. The largest absolute Gasteiger partial charge is 0.284 e. The Kier molecular flexibility index (Phi) is 2.30. The van der Waals surface area contributed by atoms with E-state index in [1.165, 1.54) is 16.8 Å². The molecule has 1 aromatic carbocycles. The minimum atomic E-state index is 0.0433. The van der Waals surface area contributed by atoms with Gasteiger partial charge in [-0.3, -0.25) is 10.00 Å². The highest BCUT2D eigenvalue weighted by Crippen LogP contribution is 2.37. The van der Waals surface area contributed by atoms with Crippen molar-refractivity contribution < 1.29 is 0 Å². The summed E-state index contributed by atoms with van der Waals surface area (Å²) in [6.07, 6.45) is 1.95. The van der Waals surface area contributed by atoms with Gasteiger partial charge in [-0.25, -0.2) is 0 Å². The second-order valence-corrected chi connectivity index (χ2v) is 5.17. The fraction of sp³-hybridized carbons (Fsp3) is 0.357. The lowest BCUT2D eigenvalue weighted by molar-refractivity contribution is 0.123. The molecule has 1 aromatic heterocycles. The van der Waals surface area contributed by atoms with Gasteiger partial charge >= 0.3 is 0 Å². The summed E-state index contributed by atoms with van der Waals surface area (Å²) in [4.78, 5) is 2.48. The summed E-state index contributed by atoms with van der Waals surface area (Å²) in [5, 5.41) is 7.26. The maximum atomic E-state index is 4.13. The van der Waals surface area contributed by atoms with Crippen LogP contribution in [0.25, 0.3) is 0 Å². The Morgan fingerprint density at radius 1 is 1.29 bits per heavy atom. The van der Waals surface area contributed by atoms with Gasteiger partial charge in [-0.1, -0.05) is 30.3 Å². The predicted molar refractivity (Wildman–Crippen MR) is 67.3 cm³/mol. The van der Waals surface area contributed by atoms with E-state index in [4.69, 9.17) is 0 Å². The van der Waals surface area contributed by atoms with E-state index in [-0.39, 0.29) is 5.54 Å². The molecule has 3 nitrogen and oxygen atoms in total. The number of nitrogens with one attached hydrogen (secondary N) is 1. The molecule has 0 radical (unpaired) electrons. The van der Waals surface area contributed by atoms with Crippen molar-refractivity contribution in [3.05, 3.63) is 53.3 Å². The van der Waals surface area contributed by atoms with Crippen LogP contribution in [0.3, 0.4) is 0 Å². The fourth-order valence-electron chi connectivity index (χ4n) is 2.58. The summed E-state index contributed by atoms with van der Waals surface area (Å²) < 4.78 is 0. The first-order chi connectivity index (χ1) is 8.18. The molecule has 0 fully saturated rings. The first-order valence-electron chi connectivity index (χ1n) is 5.99. The van der Waals surface area contributed by atoms with Gasteiger partial charge in [0, 0.05) is 18.7 Å². The zero-order chi connectivity index (χ0) is 11.9. The Hall–Kier alpha value is -1.61. The highest BCUT2D eigenvalue weighted by Gasteiger charge is 2.38. The number of benzene rings is 1. The van der Waals surface area contributed by atoms with Crippen LogP contribution in [0.5, 0.6) is 0 Å². The second kappa shape index (κ2) is 3.70. The van der Waals surface area contributed by atoms with Crippen LogP contribution in [0, 0.1) is 0 Å². The maximum absolute atomic E-state index is 4.13. The highest BCUT2D eigenvalue weighted by atomic mass is 15.3. The van der Waals surface area contributed by atoms with Crippen molar-refractivity contribution in [3.63, 3.8) is 0 Å². The van der Waals surface area contributed by atoms with Gasteiger partial charge in [0.05, 0.1) is 17.4 Å². The Bertz CT molecular complexity index is 513. The first-order valence-corrected chi connectivity index (χ1v) is 5.99. The molecule has 0 saturated heterocycles. The molecule has 0 spiro atoms. The summed E-state index contributed by atoms with van der Waals surface area (Å²) in [6, 6.07) is 10.6. The molecule has 2 heterocycles. The molecule has 1 aliphatic rings. The summed E-state index contributed by atoms with van der Waals surface area (Å²) in [5.41, 5.74) is 3.99. The average Bonchev–Trinajstić information content (AvgIpc) is 2.85. The van der Waals surface area contributed by atoms with Crippen LogP contribution in [0.1, 0.15) is 30.7 Å². The molecular weight excluding hydrogens is 210 g/mol. The molecule has 0 aliphatic carbocycles. The summed E-state index contributed by atoms with van der Waals surface area (Å²) in [5.74, 6) is 0. The molecule has 0 bridgehead atoms. The van der Waals surface area contributed by atoms with E-state index in [1.54, 1.807) is 0 Å². The SMILES string of the molecule is CC1(C)c2[nH]ncc2CN1Cc1ccccc1. The van der Waals surface area contributed by atoms with Crippen LogP contribution in [-0.4, -0.2) is 15.1 Å². The summed E-state index contributed by atoms with van der Waals surface area (Å²) in [6.45, 7) is 6.46. The van der Waals surface area contributed by atoms with E-state index < -0.39 is 0 Å². The van der Waals surface area contributed by atoms with E-state index in [0.717, 1.165) is 13.1 Å². The van der Waals surface area contributed by atoms with Crippen LogP contribution in [-0.2, 0) is 18.6 Å². The van der Waals surface area contributed by atoms with E-state index in [2.05, 4.69) is 59.3 Å². The molecule has 0 saturated carbocycles. The number of fused-ring (bicyclic) bond motifs is 1. The molecule has 0 amide bonds. The number of rotatable bonds is 2. The van der Waals surface area contributed by atoms with Crippen molar-refractivity contribution in [3.8, 4) is 0 Å². The zero-order valence-electron chi connectivity index (χ0n) is 10.3. The standard InChI is InChI=1S/C14H17N3/c1-14(2)13-12(8-15-16-13)10-17(14)9-11-6-4-3-5-7-11/h3-8H,9-10H2,1-2H3,(H,15,16). The molecule has 1 aliphatic heterocycles. The summed E-state index contributed by atoms with van der Waals surface area (Å²) >= 11 is 0. The van der Waals surface area contributed by atoms with Gasteiger partial charge in [0.2, 0.25) is 0 Å². The number of aromatic amines is 1. The van der Waals surface area contributed by atoms with Gasteiger partial charge in [-0.05, 0) is 19.4 Å². The van der Waals surface area contributed by atoms with Crippen LogP contribution in [0.2, 0.25) is 0 Å². The van der Waals surface area contributed by atoms with Crippen LogP contribution >= 0.6 is 0 Å². The van der Waals surface area contributed by atoms with Gasteiger partial charge in [-0.2, -0.15) is 5.10 Å². The molecule has 2 aromatic rings. The third kappa shape index (κ3) is 1.67. The van der Waals surface area contributed by atoms with Crippen molar-refractivity contribution in [2.45, 2.75) is 32.5 Å². The first kappa shape index (κ1) is 10.5. The van der Waals surface area contributed by atoms with Gasteiger partial charge in [0.15, 0.2) is 0 Å². The van der Waals surface area contributed by atoms with Crippen molar-refractivity contribution in [2.24, 2.45) is 0 Å². The van der Waals surface area contributed by atoms with Crippen molar-refractivity contribution >= 4 is 0 Å². The predicted octanol–water partition coefficient (Wildman–Crippen LogP) is 2.66. The minimum Gasteiger partial charge on any atom is -0.284 e. The topological polar surface area (TPSA) is 31.9 Å². The van der Waals surface area contributed by atoms with E-state index in [9.17, 15) is 0 Å². The number of aromatic nitrogens is 2. The lowest BCUT2D eigenvalue weighted by Crippen LogP contribution is -2.35. The second-order valence-electron chi connectivity index (χ2n) is 5.17. The van der Waals surface area contributed by atoms with E-state index >= 15 is 0 Å². The zero-order valence-corrected chi connectivity index (χ0v) is 10.3. The Morgan fingerprint density at radius 3 is 2.76 bits per heavy atom. The summed E-state index contributed by atoms with van der Waals surface area (Å²) in [7, 11) is 0. The molecule has 17 heavy (non-hydrogen) atoms. The maximum Gasteiger partial charge on any atom is 0.0594 e. The van der Waals surface area contributed by atoms with Gasteiger partial charge in [0.25, 0.3) is 0 Å². The lowest BCUT2D eigenvalue weighted by atomic mass is 10.0. The molecule has 88 valence electrons. The molecule has 0 unspecified atom stereocenters. The average molecular weight is 227 g/mol. The van der Waals surface area contributed by atoms with Crippen LogP contribution < -0.4 is 0 Å². The smallest absolute Gasteiger partial charge is 0.0594 e. The fourth-order valence-corrected chi connectivity index (χ4v) is 2.58. The van der Waals surface area contributed by atoms with Gasteiger partial charge in [-0.15, -0.1) is 0 Å². The van der Waals surface area contributed by atoms with Gasteiger partial charge in [0.1, 0.15) is 0 Å². The monoisotopic (exact) mass is 227 g/mol. The normalized spacial score (nSPS) is 18.2. The van der Waals surface area contributed by atoms with E-state index in [1.807, 2.05) is 6.20 Å². The quantitative estimate of drug-likeness (QED) is 0.855.